The molecule has 0 radical (unpaired) electrons. The lowest BCUT2D eigenvalue weighted by molar-refractivity contribution is -0.143. The van der Waals surface area contributed by atoms with Crippen LogP contribution in [0.25, 0.3) is 0 Å². The van der Waals surface area contributed by atoms with Crippen LogP contribution in [0.2, 0.25) is 0 Å². The standard InChI is InChI=1S/C58H107NO5/c1-3-5-7-9-11-13-15-17-18-19-20-21-24-28-32-36-40-44-48-52-58(63)64-53-49-45-41-37-33-29-25-22-23-27-31-35-39-43-47-51-57(62)59-55(54-60)56(61)50-46-42-38-34-30-26-16-14-12-10-8-6-4-2/h17-18,22,25,29,33,46,50,55-56,60-61H,3-16,19-21,23-24,26-28,30-32,34-45,47-49,51-54H2,1-2H3,(H,59,62)/b18-17-,25-22-,33-29-,50-46+. The summed E-state index contributed by atoms with van der Waals surface area (Å²) in [5.74, 6) is -0.116. The lowest BCUT2D eigenvalue weighted by atomic mass is 10.0. The average Bonchev–Trinajstić information content (AvgIpc) is 3.29. The molecule has 64 heavy (non-hydrogen) atoms. The Morgan fingerprint density at radius 3 is 1.20 bits per heavy atom. The molecule has 0 spiro atoms. The van der Waals surface area contributed by atoms with Gasteiger partial charge in [0.2, 0.25) is 5.91 Å². The van der Waals surface area contributed by atoms with Crippen LogP contribution in [0, 0.1) is 0 Å². The van der Waals surface area contributed by atoms with Gasteiger partial charge in [0.25, 0.3) is 0 Å². The third kappa shape index (κ3) is 49.3. The smallest absolute Gasteiger partial charge is 0.305 e. The molecule has 3 N–H and O–H groups in total. The molecule has 0 aromatic rings. The zero-order chi connectivity index (χ0) is 46.5. The fourth-order valence-corrected chi connectivity index (χ4v) is 8.26. The van der Waals surface area contributed by atoms with Gasteiger partial charge in [-0.05, 0) is 89.9 Å². The third-order valence-electron chi connectivity index (χ3n) is 12.6. The molecule has 0 aliphatic heterocycles. The van der Waals surface area contributed by atoms with E-state index in [0.29, 0.717) is 19.4 Å². The number of aliphatic hydroxyl groups is 2. The minimum absolute atomic E-state index is 0.0239. The summed E-state index contributed by atoms with van der Waals surface area (Å²) in [5.41, 5.74) is 0. The van der Waals surface area contributed by atoms with E-state index in [1.807, 2.05) is 6.08 Å². The van der Waals surface area contributed by atoms with E-state index in [0.717, 1.165) is 77.0 Å². The Labute approximate surface area is 397 Å². The quantitative estimate of drug-likeness (QED) is 0.0245. The first-order valence-electron chi connectivity index (χ1n) is 27.9. The van der Waals surface area contributed by atoms with Crippen molar-refractivity contribution >= 4 is 11.9 Å². The molecule has 6 nitrogen and oxygen atoms in total. The maximum Gasteiger partial charge on any atom is 0.305 e. The molecule has 0 aromatic heterocycles. The number of hydrogen-bond donors (Lipinski definition) is 3. The summed E-state index contributed by atoms with van der Waals surface area (Å²) >= 11 is 0. The fraction of sp³-hybridized carbons (Fsp3) is 0.828. The van der Waals surface area contributed by atoms with Crippen molar-refractivity contribution < 1.29 is 24.5 Å². The van der Waals surface area contributed by atoms with Crippen molar-refractivity contribution in [3.63, 3.8) is 0 Å². The molecule has 0 heterocycles. The highest BCUT2D eigenvalue weighted by atomic mass is 16.5. The summed E-state index contributed by atoms with van der Waals surface area (Å²) in [6.07, 6.45) is 67.0. The molecule has 0 bridgehead atoms. The first kappa shape index (κ1) is 61.8. The van der Waals surface area contributed by atoms with Crippen LogP contribution < -0.4 is 5.32 Å². The van der Waals surface area contributed by atoms with Gasteiger partial charge in [0.1, 0.15) is 0 Å². The summed E-state index contributed by atoms with van der Waals surface area (Å²) in [7, 11) is 0. The van der Waals surface area contributed by atoms with Crippen LogP contribution in [0.5, 0.6) is 0 Å². The lowest BCUT2D eigenvalue weighted by Gasteiger charge is -2.20. The van der Waals surface area contributed by atoms with Crippen molar-refractivity contribution in [2.24, 2.45) is 0 Å². The van der Waals surface area contributed by atoms with E-state index in [2.05, 4.69) is 55.6 Å². The number of esters is 1. The minimum Gasteiger partial charge on any atom is -0.466 e. The summed E-state index contributed by atoms with van der Waals surface area (Å²) < 4.78 is 5.46. The van der Waals surface area contributed by atoms with Gasteiger partial charge < -0.3 is 20.3 Å². The van der Waals surface area contributed by atoms with Gasteiger partial charge in [-0.15, -0.1) is 0 Å². The van der Waals surface area contributed by atoms with Crippen molar-refractivity contribution in [1.82, 2.24) is 5.32 Å². The molecule has 0 saturated heterocycles. The second-order valence-electron chi connectivity index (χ2n) is 18.9. The molecule has 1 amide bonds. The van der Waals surface area contributed by atoms with E-state index in [-0.39, 0.29) is 18.5 Å². The average molecular weight is 898 g/mol. The maximum atomic E-state index is 12.4. The molecule has 6 heteroatoms. The van der Waals surface area contributed by atoms with E-state index >= 15 is 0 Å². The van der Waals surface area contributed by atoms with E-state index in [4.69, 9.17) is 4.74 Å². The van der Waals surface area contributed by atoms with Crippen molar-refractivity contribution in [2.75, 3.05) is 13.2 Å². The Morgan fingerprint density at radius 1 is 0.438 bits per heavy atom. The topological polar surface area (TPSA) is 95.9 Å². The summed E-state index contributed by atoms with van der Waals surface area (Å²) in [5, 5.41) is 23.0. The molecule has 2 unspecified atom stereocenters. The molecule has 374 valence electrons. The number of rotatable bonds is 51. The second kappa shape index (κ2) is 53.4. The number of ether oxygens (including phenoxy) is 1. The lowest BCUT2D eigenvalue weighted by Crippen LogP contribution is -2.45. The van der Waals surface area contributed by atoms with E-state index in [9.17, 15) is 19.8 Å². The normalized spacial score (nSPS) is 13.0. The Bertz CT molecular complexity index is 1080. The highest BCUT2D eigenvalue weighted by molar-refractivity contribution is 5.76. The van der Waals surface area contributed by atoms with Crippen molar-refractivity contribution in [2.45, 2.75) is 296 Å². The van der Waals surface area contributed by atoms with Crippen LogP contribution in [0.15, 0.2) is 48.6 Å². The number of allylic oxidation sites excluding steroid dienone is 7. The fourth-order valence-electron chi connectivity index (χ4n) is 8.26. The summed E-state index contributed by atoms with van der Waals surface area (Å²) in [6, 6.07) is -0.644. The molecular weight excluding hydrogens is 791 g/mol. The first-order chi connectivity index (χ1) is 31.5. The van der Waals surface area contributed by atoms with Gasteiger partial charge in [-0.1, -0.05) is 229 Å². The van der Waals surface area contributed by atoms with Crippen LogP contribution >= 0.6 is 0 Å². The Hall–Kier alpha value is -2.18. The van der Waals surface area contributed by atoms with Crippen molar-refractivity contribution in [1.29, 1.82) is 0 Å². The van der Waals surface area contributed by atoms with Crippen LogP contribution in [-0.2, 0) is 14.3 Å². The number of aliphatic hydroxyl groups excluding tert-OH is 2. The Morgan fingerprint density at radius 2 is 0.781 bits per heavy atom. The second-order valence-corrected chi connectivity index (χ2v) is 18.9. The monoisotopic (exact) mass is 898 g/mol. The summed E-state index contributed by atoms with van der Waals surface area (Å²) in [6.45, 7) is 4.83. The predicted octanol–water partition coefficient (Wildman–Crippen LogP) is 17.0. The van der Waals surface area contributed by atoms with E-state index in [1.165, 1.54) is 180 Å². The highest BCUT2D eigenvalue weighted by Gasteiger charge is 2.18. The minimum atomic E-state index is -0.859. The van der Waals surface area contributed by atoms with Gasteiger partial charge in [-0.25, -0.2) is 0 Å². The molecule has 0 saturated carbocycles. The van der Waals surface area contributed by atoms with Crippen LogP contribution in [0.1, 0.15) is 284 Å². The van der Waals surface area contributed by atoms with Gasteiger partial charge in [-0.3, -0.25) is 9.59 Å². The number of unbranched alkanes of at least 4 members (excludes halogenated alkanes) is 35. The zero-order valence-corrected chi connectivity index (χ0v) is 42.5. The Kier molecular flexibility index (Phi) is 51.6. The number of amides is 1. The number of carbonyl (C=O) groups excluding carboxylic acids is 2. The number of hydrogen-bond acceptors (Lipinski definition) is 5. The molecular formula is C58H107NO5. The molecule has 0 aliphatic rings. The zero-order valence-electron chi connectivity index (χ0n) is 42.5. The van der Waals surface area contributed by atoms with Crippen LogP contribution in [0.4, 0.5) is 0 Å². The maximum absolute atomic E-state index is 12.4. The third-order valence-corrected chi connectivity index (χ3v) is 12.6. The van der Waals surface area contributed by atoms with Gasteiger partial charge in [0.05, 0.1) is 25.4 Å². The molecule has 2 atom stereocenters. The highest BCUT2D eigenvalue weighted by Crippen LogP contribution is 2.15. The SMILES string of the molecule is CCCCCCCC/C=C\CCCCCCCCCCCC(=O)OCCCCC/C=C\C=C/CCCCCCCCC(=O)NC(CO)C(O)/C=C/CCCCCCCCCCCCC. The molecule has 0 fully saturated rings. The molecule has 0 aliphatic carbocycles. The van der Waals surface area contributed by atoms with Crippen LogP contribution in [-0.4, -0.2) is 47.4 Å². The largest absolute Gasteiger partial charge is 0.466 e. The predicted molar refractivity (Wildman–Crippen MR) is 278 cm³/mol. The van der Waals surface area contributed by atoms with E-state index in [1.54, 1.807) is 6.08 Å². The van der Waals surface area contributed by atoms with Crippen molar-refractivity contribution in [3.05, 3.63) is 48.6 Å². The molecule has 0 aromatic carbocycles. The Balaban J connectivity index is 3.53. The number of carbonyl (C=O) groups is 2. The van der Waals surface area contributed by atoms with Gasteiger partial charge in [0, 0.05) is 12.8 Å². The summed E-state index contributed by atoms with van der Waals surface area (Å²) in [4.78, 5) is 24.5. The van der Waals surface area contributed by atoms with E-state index < -0.39 is 12.1 Å². The van der Waals surface area contributed by atoms with Crippen LogP contribution in [0.3, 0.4) is 0 Å². The molecule has 0 rings (SSSR count). The van der Waals surface area contributed by atoms with Gasteiger partial charge >= 0.3 is 5.97 Å². The van der Waals surface area contributed by atoms with Gasteiger partial charge in [0.15, 0.2) is 0 Å². The first-order valence-corrected chi connectivity index (χ1v) is 27.9. The number of nitrogens with one attached hydrogen (secondary N) is 1. The van der Waals surface area contributed by atoms with Gasteiger partial charge in [-0.2, -0.15) is 0 Å². The van der Waals surface area contributed by atoms with Crippen molar-refractivity contribution in [3.8, 4) is 0 Å².